The van der Waals surface area contributed by atoms with Gasteiger partial charge in [0.05, 0.1) is 0 Å². The van der Waals surface area contributed by atoms with E-state index in [1.54, 1.807) is 6.92 Å². The molecule has 1 aromatic rings. The van der Waals surface area contributed by atoms with Gasteiger partial charge in [-0.25, -0.2) is 0 Å². The van der Waals surface area contributed by atoms with Crippen LogP contribution in [0.15, 0.2) is 18.2 Å². The Bertz CT molecular complexity index is 397. The molecule has 0 saturated carbocycles. The van der Waals surface area contributed by atoms with Crippen LogP contribution in [-0.4, -0.2) is 32.0 Å². The van der Waals surface area contributed by atoms with E-state index in [-0.39, 0.29) is 5.78 Å². The van der Waals surface area contributed by atoms with E-state index < -0.39 is 0 Å². The molecule has 1 fully saturated rings. The first kappa shape index (κ1) is 11.0. The smallest absolute Gasteiger partial charge is 0.161 e. The van der Waals surface area contributed by atoms with E-state index in [1.807, 2.05) is 18.2 Å². The van der Waals surface area contributed by atoms with Crippen LogP contribution >= 0.6 is 0 Å². The van der Waals surface area contributed by atoms with E-state index in [0.717, 1.165) is 31.9 Å². The minimum atomic E-state index is 0.0227. The third kappa shape index (κ3) is 2.17. The molecule has 1 aromatic carbocycles. The third-order valence-electron chi connectivity index (χ3n) is 2.90. The summed E-state index contributed by atoms with van der Waals surface area (Å²) in [5.41, 5.74) is 8.04. The van der Waals surface area contributed by atoms with Crippen LogP contribution < -0.4 is 16.0 Å². The lowest BCUT2D eigenvalue weighted by Crippen LogP contribution is -2.43. The number of nitrogens with one attached hydrogen (secondary N) is 1. The number of carbonyl (C=O) groups excluding carboxylic acids is 1. The second-order valence-corrected chi connectivity index (χ2v) is 4.06. The van der Waals surface area contributed by atoms with Gasteiger partial charge in [-0.15, -0.1) is 0 Å². The number of Topliss-reactive ketones (excluding diaryl/α,β-unsaturated/α-hetero) is 1. The molecule has 1 aliphatic heterocycles. The Morgan fingerprint density at radius 3 is 2.69 bits per heavy atom. The lowest BCUT2D eigenvalue weighted by molar-refractivity contribution is 0.101. The molecule has 2 rings (SSSR count). The van der Waals surface area contributed by atoms with Gasteiger partial charge >= 0.3 is 0 Å². The number of nitrogen functional groups attached to an aromatic ring is 1. The van der Waals surface area contributed by atoms with Gasteiger partial charge in [-0.1, -0.05) is 0 Å². The van der Waals surface area contributed by atoms with Crippen LogP contribution in [0.4, 0.5) is 11.4 Å². The average molecular weight is 219 g/mol. The number of carbonyl (C=O) groups is 1. The molecule has 3 N–H and O–H groups in total. The summed E-state index contributed by atoms with van der Waals surface area (Å²) >= 11 is 0. The summed E-state index contributed by atoms with van der Waals surface area (Å²) < 4.78 is 0. The van der Waals surface area contributed by atoms with Gasteiger partial charge in [-0.2, -0.15) is 0 Å². The maximum atomic E-state index is 11.4. The molecular weight excluding hydrogens is 202 g/mol. The molecule has 86 valence electrons. The number of nitrogens with two attached hydrogens (primary N) is 1. The molecule has 0 aliphatic carbocycles. The second kappa shape index (κ2) is 4.53. The number of nitrogens with zero attached hydrogens (tertiary/aromatic N) is 1. The lowest BCUT2D eigenvalue weighted by Gasteiger charge is -2.29. The maximum Gasteiger partial charge on any atom is 0.161 e. The monoisotopic (exact) mass is 219 g/mol. The highest BCUT2D eigenvalue weighted by molar-refractivity contribution is 6.00. The Balaban J connectivity index is 2.27. The van der Waals surface area contributed by atoms with Gasteiger partial charge in [0.25, 0.3) is 0 Å². The fourth-order valence-corrected chi connectivity index (χ4v) is 1.97. The van der Waals surface area contributed by atoms with Crippen molar-refractivity contribution in [2.24, 2.45) is 0 Å². The fourth-order valence-electron chi connectivity index (χ4n) is 1.97. The van der Waals surface area contributed by atoms with Gasteiger partial charge in [0.15, 0.2) is 5.78 Å². The van der Waals surface area contributed by atoms with Crippen LogP contribution in [0.3, 0.4) is 0 Å². The summed E-state index contributed by atoms with van der Waals surface area (Å²) in [5.74, 6) is 0.0227. The Labute approximate surface area is 95.4 Å². The van der Waals surface area contributed by atoms with Crippen molar-refractivity contribution in [3.63, 3.8) is 0 Å². The molecule has 1 saturated heterocycles. The molecule has 0 amide bonds. The molecule has 0 unspecified atom stereocenters. The Hall–Kier alpha value is -1.55. The summed E-state index contributed by atoms with van der Waals surface area (Å²) in [4.78, 5) is 13.7. The van der Waals surface area contributed by atoms with Crippen molar-refractivity contribution in [2.75, 3.05) is 36.8 Å². The Kier molecular flexibility index (Phi) is 3.10. The van der Waals surface area contributed by atoms with E-state index in [1.165, 1.54) is 0 Å². The van der Waals surface area contributed by atoms with Crippen molar-refractivity contribution in [3.05, 3.63) is 23.8 Å². The summed E-state index contributed by atoms with van der Waals surface area (Å²) in [6, 6.07) is 5.68. The van der Waals surface area contributed by atoms with Crippen molar-refractivity contribution in [2.45, 2.75) is 6.92 Å². The van der Waals surface area contributed by atoms with Gasteiger partial charge in [0.2, 0.25) is 0 Å². The first-order chi connectivity index (χ1) is 7.68. The molecule has 0 spiro atoms. The van der Waals surface area contributed by atoms with E-state index in [9.17, 15) is 4.79 Å². The Morgan fingerprint density at radius 2 is 2.06 bits per heavy atom. The highest BCUT2D eigenvalue weighted by Crippen LogP contribution is 2.22. The minimum Gasteiger partial charge on any atom is -0.398 e. The minimum absolute atomic E-state index is 0.0227. The van der Waals surface area contributed by atoms with Crippen molar-refractivity contribution in [3.8, 4) is 0 Å². The number of hydrogen-bond donors (Lipinski definition) is 2. The van der Waals surface area contributed by atoms with E-state index in [2.05, 4.69) is 10.2 Å². The number of piperazine rings is 1. The normalized spacial score (nSPS) is 16.2. The number of hydrogen-bond acceptors (Lipinski definition) is 4. The van der Waals surface area contributed by atoms with Crippen LogP contribution in [0.5, 0.6) is 0 Å². The van der Waals surface area contributed by atoms with Gasteiger partial charge in [0, 0.05) is 43.1 Å². The number of benzene rings is 1. The highest BCUT2D eigenvalue weighted by Gasteiger charge is 2.13. The van der Waals surface area contributed by atoms with Crippen LogP contribution in [0.2, 0.25) is 0 Å². The third-order valence-corrected chi connectivity index (χ3v) is 2.90. The second-order valence-electron chi connectivity index (χ2n) is 4.06. The van der Waals surface area contributed by atoms with Gasteiger partial charge in [0.1, 0.15) is 0 Å². The van der Waals surface area contributed by atoms with E-state index in [0.29, 0.717) is 11.3 Å². The predicted octanol–water partition coefficient (Wildman–Crippen LogP) is 0.881. The highest BCUT2D eigenvalue weighted by atomic mass is 16.1. The number of anilines is 2. The van der Waals surface area contributed by atoms with Crippen molar-refractivity contribution >= 4 is 17.2 Å². The molecule has 16 heavy (non-hydrogen) atoms. The largest absolute Gasteiger partial charge is 0.398 e. The van der Waals surface area contributed by atoms with Crippen LogP contribution in [0.25, 0.3) is 0 Å². The van der Waals surface area contributed by atoms with Crippen molar-refractivity contribution in [1.82, 2.24) is 5.32 Å². The molecule has 1 aliphatic rings. The standard InChI is InChI=1S/C12H17N3O/c1-9(16)11-8-10(2-3-12(11)13)15-6-4-14-5-7-15/h2-3,8,14H,4-7,13H2,1H3. The average Bonchev–Trinajstić information content (AvgIpc) is 2.30. The molecule has 0 bridgehead atoms. The zero-order valence-electron chi connectivity index (χ0n) is 9.49. The summed E-state index contributed by atoms with van der Waals surface area (Å²) in [5, 5.41) is 3.30. The molecule has 1 heterocycles. The number of rotatable bonds is 2. The molecule has 0 atom stereocenters. The van der Waals surface area contributed by atoms with E-state index >= 15 is 0 Å². The van der Waals surface area contributed by atoms with Crippen LogP contribution in [-0.2, 0) is 0 Å². The first-order valence-corrected chi connectivity index (χ1v) is 5.54. The molecule has 0 aromatic heterocycles. The topological polar surface area (TPSA) is 58.4 Å². The zero-order valence-corrected chi connectivity index (χ0v) is 9.49. The summed E-state index contributed by atoms with van der Waals surface area (Å²) in [7, 11) is 0. The summed E-state index contributed by atoms with van der Waals surface area (Å²) in [6.45, 7) is 5.47. The van der Waals surface area contributed by atoms with Crippen LogP contribution in [0, 0.1) is 0 Å². The first-order valence-electron chi connectivity index (χ1n) is 5.54. The molecular formula is C12H17N3O. The zero-order chi connectivity index (χ0) is 11.5. The van der Waals surface area contributed by atoms with Crippen molar-refractivity contribution < 1.29 is 4.79 Å². The molecule has 4 heteroatoms. The summed E-state index contributed by atoms with van der Waals surface area (Å²) in [6.07, 6.45) is 0. The fraction of sp³-hybridized carbons (Fsp3) is 0.417. The SMILES string of the molecule is CC(=O)c1cc(N2CCNCC2)ccc1N. The van der Waals surface area contributed by atoms with Crippen molar-refractivity contribution in [1.29, 1.82) is 0 Å². The number of ketones is 1. The molecule has 0 radical (unpaired) electrons. The Morgan fingerprint density at radius 1 is 1.38 bits per heavy atom. The predicted molar refractivity (Wildman–Crippen MR) is 65.9 cm³/mol. The van der Waals surface area contributed by atoms with E-state index in [4.69, 9.17) is 5.73 Å². The lowest BCUT2D eigenvalue weighted by atomic mass is 10.1. The van der Waals surface area contributed by atoms with Gasteiger partial charge < -0.3 is 16.0 Å². The van der Waals surface area contributed by atoms with Gasteiger partial charge in [-0.05, 0) is 25.1 Å². The quantitative estimate of drug-likeness (QED) is 0.572. The molecule has 4 nitrogen and oxygen atoms in total. The maximum absolute atomic E-state index is 11.4. The van der Waals surface area contributed by atoms with Crippen LogP contribution in [0.1, 0.15) is 17.3 Å². The van der Waals surface area contributed by atoms with Gasteiger partial charge in [-0.3, -0.25) is 4.79 Å².